The van der Waals surface area contributed by atoms with Crippen LogP contribution in [0.5, 0.6) is 0 Å². The van der Waals surface area contributed by atoms with E-state index in [4.69, 9.17) is 22.4 Å². The number of nitrogens with zero attached hydrogens (tertiary/aromatic N) is 1. The molecule has 5 nitrogen and oxygen atoms in total. The number of hydrogen-bond acceptors (Lipinski definition) is 4. The molecule has 1 aliphatic rings. The van der Waals surface area contributed by atoms with Crippen molar-refractivity contribution in [2.75, 3.05) is 25.4 Å². The van der Waals surface area contributed by atoms with Gasteiger partial charge < -0.3 is 10.8 Å². The number of nitrogen functional groups attached to an aromatic ring is 1. The smallest absolute Gasteiger partial charge is 0.246 e. The predicted octanol–water partition coefficient (Wildman–Crippen LogP) is 0.925. The van der Waals surface area contributed by atoms with Crippen LogP contribution in [-0.2, 0) is 10.0 Å². The standard InChI is InChI=1S/C11H15ClN2O3S/c12-9-2-1-3-10(13)11(9)18(16,17)14-5-4-8(6-14)7-15/h1-3,8,15H,4-7,13H2. The van der Waals surface area contributed by atoms with Gasteiger partial charge in [0, 0.05) is 19.7 Å². The molecule has 1 aromatic rings. The van der Waals surface area contributed by atoms with Gasteiger partial charge in [0.15, 0.2) is 0 Å². The van der Waals surface area contributed by atoms with Gasteiger partial charge in [0.25, 0.3) is 0 Å². The molecule has 100 valence electrons. The van der Waals surface area contributed by atoms with Crippen molar-refractivity contribution >= 4 is 27.3 Å². The molecule has 0 aliphatic carbocycles. The summed E-state index contributed by atoms with van der Waals surface area (Å²) >= 11 is 5.93. The molecule has 1 fully saturated rings. The third-order valence-corrected chi connectivity index (χ3v) is 5.51. The van der Waals surface area contributed by atoms with Gasteiger partial charge in [-0.15, -0.1) is 0 Å². The Morgan fingerprint density at radius 3 is 2.78 bits per heavy atom. The average Bonchev–Trinajstić information content (AvgIpc) is 2.77. The van der Waals surface area contributed by atoms with E-state index in [9.17, 15) is 8.42 Å². The summed E-state index contributed by atoms with van der Waals surface area (Å²) in [7, 11) is -3.68. The first-order chi connectivity index (χ1) is 8.46. The summed E-state index contributed by atoms with van der Waals surface area (Å²) in [6.07, 6.45) is 0.653. The topological polar surface area (TPSA) is 83.6 Å². The summed E-state index contributed by atoms with van der Waals surface area (Å²) in [4.78, 5) is -0.0368. The predicted molar refractivity (Wildman–Crippen MR) is 69.8 cm³/mol. The zero-order valence-electron chi connectivity index (χ0n) is 9.71. The molecular weight excluding hydrogens is 276 g/mol. The molecule has 0 spiro atoms. The van der Waals surface area contributed by atoms with Crippen molar-refractivity contribution in [1.29, 1.82) is 0 Å². The largest absolute Gasteiger partial charge is 0.398 e. The Labute approximate surface area is 111 Å². The second kappa shape index (κ2) is 5.05. The maximum absolute atomic E-state index is 12.4. The molecule has 3 N–H and O–H groups in total. The lowest BCUT2D eigenvalue weighted by Gasteiger charge is -2.18. The molecule has 1 unspecified atom stereocenters. The van der Waals surface area contributed by atoms with Gasteiger partial charge in [-0.2, -0.15) is 4.31 Å². The molecule has 0 bridgehead atoms. The van der Waals surface area contributed by atoms with Crippen molar-refractivity contribution in [3.63, 3.8) is 0 Å². The zero-order valence-corrected chi connectivity index (χ0v) is 11.3. The van der Waals surface area contributed by atoms with Crippen molar-refractivity contribution in [3.8, 4) is 0 Å². The molecule has 1 heterocycles. The van der Waals surface area contributed by atoms with Gasteiger partial charge in [-0.05, 0) is 24.5 Å². The van der Waals surface area contributed by atoms with Gasteiger partial charge in [0.05, 0.1) is 10.7 Å². The van der Waals surface area contributed by atoms with E-state index in [1.54, 1.807) is 6.07 Å². The summed E-state index contributed by atoms with van der Waals surface area (Å²) in [6.45, 7) is 0.686. The highest BCUT2D eigenvalue weighted by atomic mass is 35.5. The van der Waals surface area contributed by atoms with Crippen molar-refractivity contribution in [2.45, 2.75) is 11.3 Å². The van der Waals surface area contributed by atoms with Crippen LogP contribution in [-0.4, -0.2) is 37.5 Å². The number of benzene rings is 1. The molecule has 0 amide bonds. The van der Waals surface area contributed by atoms with Crippen molar-refractivity contribution in [1.82, 2.24) is 4.31 Å². The second-order valence-corrected chi connectivity index (χ2v) is 6.64. The normalized spacial score (nSPS) is 21.3. The van der Waals surface area contributed by atoms with Gasteiger partial charge in [-0.1, -0.05) is 17.7 Å². The summed E-state index contributed by atoms with van der Waals surface area (Å²) in [5.41, 5.74) is 5.85. The first kappa shape index (κ1) is 13.6. The lowest BCUT2D eigenvalue weighted by atomic mass is 10.1. The number of aliphatic hydroxyl groups excluding tert-OH is 1. The van der Waals surface area contributed by atoms with Crippen LogP contribution in [0, 0.1) is 5.92 Å². The maximum atomic E-state index is 12.4. The third-order valence-electron chi connectivity index (χ3n) is 3.10. The Kier molecular flexibility index (Phi) is 3.82. The Balaban J connectivity index is 2.38. The van der Waals surface area contributed by atoms with E-state index < -0.39 is 10.0 Å². The van der Waals surface area contributed by atoms with Gasteiger partial charge in [0.1, 0.15) is 4.90 Å². The molecule has 1 aromatic carbocycles. The van der Waals surface area contributed by atoms with Crippen LogP contribution in [0.25, 0.3) is 0 Å². The highest BCUT2D eigenvalue weighted by Crippen LogP contribution is 2.32. The molecule has 0 saturated carbocycles. The molecule has 2 rings (SSSR count). The van der Waals surface area contributed by atoms with Crippen LogP contribution < -0.4 is 5.73 Å². The Morgan fingerprint density at radius 1 is 1.50 bits per heavy atom. The lowest BCUT2D eigenvalue weighted by Crippen LogP contribution is -2.30. The van der Waals surface area contributed by atoms with Crippen molar-refractivity contribution in [3.05, 3.63) is 23.2 Å². The van der Waals surface area contributed by atoms with E-state index in [0.29, 0.717) is 19.5 Å². The SMILES string of the molecule is Nc1cccc(Cl)c1S(=O)(=O)N1CCC(CO)C1. The highest BCUT2D eigenvalue weighted by Gasteiger charge is 2.34. The summed E-state index contributed by atoms with van der Waals surface area (Å²) in [5, 5.41) is 9.18. The molecule has 7 heteroatoms. The fourth-order valence-electron chi connectivity index (χ4n) is 2.09. The van der Waals surface area contributed by atoms with Gasteiger partial charge in [0.2, 0.25) is 10.0 Å². The minimum Gasteiger partial charge on any atom is -0.398 e. The van der Waals surface area contributed by atoms with E-state index in [1.165, 1.54) is 16.4 Å². The molecule has 0 radical (unpaired) electrons. The summed E-state index contributed by atoms with van der Waals surface area (Å²) in [6, 6.07) is 4.62. The van der Waals surface area contributed by atoms with E-state index in [0.717, 1.165) is 0 Å². The Morgan fingerprint density at radius 2 is 2.22 bits per heavy atom. The summed E-state index contributed by atoms with van der Waals surface area (Å²) < 4.78 is 26.2. The molecular formula is C11H15ClN2O3S. The van der Waals surface area contributed by atoms with E-state index in [2.05, 4.69) is 0 Å². The minimum atomic E-state index is -3.68. The quantitative estimate of drug-likeness (QED) is 0.811. The Hall–Kier alpha value is -0.820. The van der Waals surface area contributed by atoms with Crippen molar-refractivity contribution in [2.24, 2.45) is 5.92 Å². The first-order valence-electron chi connectivity index (χ1n) is 5.62. The monoisotopic (exact) mass is 290 g/mol. The number of sulfonamides is 1. The minimum absolute atomic E-state index is 0.00990. The highest BCUT2D eigenvalue weighted by molar-refractivity contribution is 7.89. The van der Waals surface area contributed by atoms with E-state index in [1.807, 2.05) is 0 Å². The van der Waals surface area contributed by atoms with E-state index in [-0.39, 0.29) is 28.1 Å². The fraction of sp³-hybridized carbons (Fsp3) is 0.455. The maximum Gasteiger partial charge on any atom is 0.246 e. The number of nitrogens with two attached hydrogens (primary N) is 1. The number of halogens is 1. The van der Waals surface area contributed by atoms with Crippen LogP contribution in [0.3, 0.4) is 0 Å². The van der Waals surface area contributed by atoms with Crippen LogP contribution in [0.4, 0.5) is 5.69 Å². The number of anilines is 1. The molecule has 18 heavy (non-hydrogen) atoms. The molecule has 1 saturated heterocycles. The average molecular weight is 291 g/mol. The molecule has 1 atom stereocenters. The van der Waals surface area contributed by atoms with Crippen LogP contribution in [0.15, 0.2) is 23.1 Å². The fourth-order valence-corrected chi connectivity index (χ4v) is 4.26. The van der Waals surface area contributed by atoms with Gasteiger partial charge in [-0.3, -0.25) is 0 Å². The zero-order chi connectivity index (χ0) is 13.3. The number of rotatable bonds is 3. The van der Waals surface area contributed by atoms with Crippen molar-refractivity contribution < 1.29 is 13.5 Å². The molecule has 1 aliphatic heterocycles. The number of aliphatic hydroxyl groups is 1. The van der Waals surface area contributed by atoms with Crippen LogP contribution in [0.1, 0.15) is 6.42 Å². The van der Waals surface area contributed by atoms with Crippen LogP contribution in [0.2, 0.25) is 5.02 Å². The van der Waals surface area contributed by atoms with Crippen LogP contribution >= 0.6 is 11.6 Å². The first-order valence-corrected chi connectivity index (χ1v) is 7.43. The van der Waals surface area contributed by atoms with E-state index >= 15 is 0 Å². The summed E-state index contributed by atoms with van der Waals surface area (Å²) in [5.74, 6) is -0.0107. The second-order valence-electron chi connectivity index (χ2n) is 4.36. The third kappa shape index (κ3) is 2.33. The lowest BCUT2D eigenvalue weighted by molar-refractivity contribution is 0.233. The van der Waals surface area contributed by atoms with Gasteiger partial charge >= 0.3 is 0 Å². The number of hydrogen-bond donors (Lipinski definition) is 2. The Bertz CT molecular complexity index is 527. The molecule has 0 aromatic heterocycles. The van der Waals surface area contributed by atoms with Gasteiger partial charge in [-0.25, -0.2) is 8.42 Å².